The molecule has 0 saturated carbocycles. The number of hydrogen-bond donors (Lipinski definition) is 3. The maximum absolute atomic E-state index is 12.9. The molecule has 1 aromatic carbocycles. The van der Waals surface area contributed by atoms with Crippen LogP contribution in [0.1, 0.15) is 11.6 Å². The van der Waals surface area contributed by atoms with E-state index in [0.717, 1.165) is 0 Å². The lowest BCUT2D eigenvalue weighted by Crippen LogP contribution is -2.20. The average molecular weight is 185 g/mol. The van der Waals surface area contributed by atoms with E-state index in [1.165, 1.54) is 12.1 Å². The molecule has 1 aromatic rings. The molecule has 0 bridgehead atoms. The van der Waals surface area contributed by atoms with Gasteiger partial charge in [0.05, 0.1) is 12.6 Å². The van der Waals surface area contributed by atoms with Gasteiger partial charge in [-0.1, -0.05) is 12.1 Å². The standard InChI is InChI=1S/C9H12FNO2/c1-11-8(5-12)6-3-2-4-7(10)9(6)13/h2-4,8,11-13H,5H2,1H3/t8-/m0/s1. The molecule has 0 aliphatic heterocycles. The summed E-state index contributed by atoms with van der Waals surface area (Å²) in [6.07, 6.45) is 0. The van der Waals surface area contributed by atoms with Gasteiger partial charge in [0, 0.05) is 5.56 Å². The number of aliphatic hydroxyl groups excluding tert-OH is 1. The van der Waals surface area contributed by atoms with E-state index in [2.05, 4.69) is 5.32 Å². The predicted octanol–water partition coefficient (Wildman–Crippen LogP) is 0.784. The molecule has 0 saturated heterocycles. The Morgan fingerprint density at radius 3 is 2.77 bits per heavy atom. The Balaban J connectivity index is 3.05. The first kappa shape index (κ1) is 9.95. The Labute approximate surface area is 75.8 Å². The summed E-state index contributed by atoms with van der Waals surface area (Å²) < 4.78 is 12.9. The van der Waals surface area contributed by atoms with Gasteiger partial charge < -0.3 is 15.5 Å². The molecule has 0 aliphatic carbocycles. The molecule has 0 aromatic heterocycles. The first-order valence-electron chi connectivity index (χ1n) is 3.96. The normalized spacial score (nSPS) is 12.8. The highest BCUT2D eigenvalue weighted by Gasteiger charge is 2.14. The van der Waals surface area contributed by atoms with Crippen molar-refractivity contribution >= 4 is 0 Å². The minimum atomic E-state index is -0.675. The summed E-state index contributed by atoms with van der Waals surface area (Å²) in [5, 5.41) is 21.0. The fourth-order valence-electron chi connectivity index (χ4n) is 1.16. The van der Waals surface area contributed by atoms with Crippen molar-refractivity contribution in [2.75, 3.05) is 13.7 Å². The van der Waals surface area contributed by atoms with Gasteiger partial charge in [-0.2, -0.15) is 0 Å². The largest absolute Gasteiger partial charge is 0.505 e. The van der Waals surface area contributed by atoms with Gasteiger partial charge in [-0.15, -0.1) is 0 Å². The number of rotatable bonds is 3. The summed E-state index contributed by atoms with van der Waals surface area (Å²) in [5.41, 5.74) is 0.366. The van der Waals surface area contributed by atoms with Gasteiger partial charge in [-0.05, 0) is 13.1 Å². The first-order valence-corrected chi connectivity index (χ1v) is 3.96. The summed E-state index contributed by atoms with van der Waals surface area (Å²) >= 11 is 0. The van der Waals surface area contributed by atoms with E-state index in [-0.39, 0.29) is 6.61 Å². The van der Waals surface area contributed by atoms with Crippen LogP contribution in [0.5, 0.6) is 5.75 Å². The highest BCUT2D eigenvalue weighted by atomic mass is 19.1. The van der Waals surface area contributed by atoms with Crippen molar-refractivity contribution in [3.63, 3.8) is 0 Å². The van der Waals surface area contributed by atoms with E-state index in [1.807, 2.05) is 0 Å². The number of aromatic hydroxyl groups is 1. The van der Waals surface area contributed by atoms with E-state index >= 15 is 0 Å². The molecule has 0 amide bonds. The van der Waals surface area contributed by atoms with Crippen LogP contribution in [0.25, 0.3) is 0 Å². The van der Waals surface area contributed by atoms with Gasteiger partial charge in [-0.3, -0.25) is 0 Å². The molecule has 3 nitrogen and oxygen atoms in total. The topological polar surface area (TPSA) is 52.5 Å². The summed E-state index contributed by atoms with van der Waals surface area (Å²) in [5.74, 6) is -1.08. The molecule has 0 aliphatic rings. The van der Waals surface area contributed by atoms with Crippen LogP contribution in [0.3, 0.4) is 0 Å². The Bertz CT molecular complexity index is 287. The van der Waals surface area contributed by atoms with E-state index in [4.69, 9.17) is 5.11 Å². The molecule has 4 heteroatoms. The Morgan fingerprint density at radius 1 is 1.54 bits per heavy atom. The Morgan fingerprint density at radius 2 is 2.23 bits per heavy atom. The zero-order valence-corrected chi connectivity index (χ0v) is 7.29. The van der Waals surface area contributed by atoms with Crippen molar-refractivity contribution < 1.29 is 14.6 Å². The van der Waals surface area contributed by atoms with E-state index in [1.54, 1.807) is 13.1 Å². The fourth-order valence-corrected chi connectivity index (χ4v) is 1.16. The number of nitrogens with one attached hydrogen (secondary N) is 1. The van der Waals surface area contributed by atoms with E-state index < -0.39 is 17.6 Å². The lowest BCUT2D eigenvalue weighted by Gasteiger charge is -2.14. The van der Waals surface area contributed by atoms with Crippen molar-refractivity contribution in [2.24, 2.45) is 0 Å². The maximum Gasteiger partial charge on any atom is 0.165 e. The third-order valence-corrected chi connectivity index (χ3v) is 1.92. The van der Waals surface area contributed by atoms with Crippen molar-refractivity contribution in [1.29, 1.82) is 0 Å². The van der Waals surface area contributed by atoms with Crippen molar-refractivity contribution in [3.8, 4) is 5.75 Å². The molecular weight excluding hydrogens is 173 g/mol. The van der Waals surface area contributed by atoms with Crippen LogP contribution in [-0.4, -0.2) is 23.9 Å². The van der Waals surface area contributed by atoms with Gasteiger partial charge in [-0.25, -0.2) is 4.39 Å². The second kappa shape index (κ2) is 4.20. The maximum atomic E-state index is 12.9. The Kier molecular flexibility index (Phi) is 3.22. The molecule has 13 heavy (non-hydrogen) atoms. The van der Waals surface area contributed by atoms with Crippen LogP contribution in [0.15, 0.2) is 18.2 Å². The third-order valence-electron chi connectivity index (χ3n) is 1.92. The van der Waals surface area contributed by atoms with Crippen LogP contribution >= 0.6 is 0 Å². The zero-order chi connectivity index (χ0) is 9.84. The number of halogens is 1. The second-order valence-electron chi connectivity index (χ2n) is 2.70. The van der Waals surface area contributed by atoms with Crippen LogP contribution in [-0.2, 0) is 0 Å². The number of phenols is 1. The molecule has 0 heterocycles. The van der Waals surface area contributed by atoms with Crippen LogP contribution in [0.2, 0.25) is 0 Å². The number of likely N-dealkylation sites (N-methyl/N-ethyl adjacent to an activating group) is 1. The van der Waals surface area contributed by atoms with Crippen molar-refractivity contribution in [1.82, 2.24) is 5.32 Å². The fraction of sp³-hybridized carbons (Fsp3) is 0.333. The second-order valence-corrected chi connectivity index (χ2v) is 2.70. The lowest BCUT2D eigenvalue weighted by atomic mass is 10.1. The van der Waals surface area contributed by atoms with E-state index in [9.17, 15) is 9.50 Å². The van der Waals surface area contributed by atoms with Gasteiger partial charge in [0.2, 0.25) is 0 Å². The summed E-state index contributed by atoms with van der Waals surface area (Å²) in [4.78, 5) is 0. The van der Waals surface area contributed by atoms with Gasteiger partial charge >= 0.3 is 0 Å². The van der Waals surface area contributed by atoms with Gasteiger partial charge in [0.25, 0.3) is 0 Å². The molecule has 1 atom stereocenters. The average Bonchev–Trinajstić information content (AvgIpc) is 2.14. The van der Waals surface area contributed by atoms with Crippen LogP contribution < -0.4 is 5.32 Å². The summed E-state index contributed by atoms with van der Waals surface area (Å²) in [7, 11) is 1.63. The number of para-hydroxylation sites is 1. The lowest BCUT2D eigenvalue weighted by molar-refractivity contribution is 0.247. The Hall–Kier alpha value is -1.13. The molecule has 0 spiro atoms. The monoisotopic (exact) mass is 185 g/mol. The highest BCUT2D eigenvalue weighted by molar-refractivity contribution is 5.36. The SMILES string of the molecule is CN[C@@H](CO)c1cccc(F)c1O. The smallest absolute Gasteiger partial charge is 0.165 e. The first-order chi connectivity index (χ1) is 6.20. The predicted molar refractivity (Wildman–Crippen MR) is 47.0 cm³/mol. The molecule has 1 rings (SSSR count). The van der Waals surface area contributed by atoms with Crippen LogP contribution in [0, 0.1) is 5.82 Å². The highest BCUT2D eigenvalue weighted by Crippen LogP contribution is 2.26. The summed E-state index contributed by atoms with van der Waals surface area (Å²) in [6.45, 7) is -0.187. The number of phenolic OH excluding ortho intramolecular Hbond substituents is 1. The van der Waals surface area contributed by atoms with Crippen LogP contribution in [0.4, 0.5) is 4.39 Å². The van der Waals surface area contributed by atoms with Crippen molar-refractivity contribution in [2.45, 2.75) is 6.04 Å². The van der Waals surface area contributed by atoms with E-state index in [0.29, 0.717) is 5.56 Å². The molecular formula is C9H12FNO2. The molecule has 72 valence electrons. The molecule has 0 fully saturated rings. The number of hydrogen-bond acceptors (Lipinski definition) is 3. The number of benzene rings is 1. The van der Waals surface area contributed by atoms with Gasteiger partial charge in [0.1, 0.15) is 0 Å². The minimum absolute atomic E-state index is 0.187. The molecule has 0 unspecified atom stereocenters. The van der Waals surface area contributed by atoms with Gasteiger partial charge in [0.15, 0.2) is 11.6 Å². The zero-order valence-electron chi connectivity index (χ0n) is 7.29. The third kappa shape index (κ3) is 1.96. The number of aliphatic hydroxyl groups is 1. The van der Waals surface area contributed by atoms with Crippen molar-refractivity contribution in [3.05, 3.63) is 29.6 Å². The minimum Gasteiger partial charge on any atom is -0.505 e. The molecule has 3 N–H and O–H groups in total. The summed E-state index contributed by atoms with van der Waals surface area (Å²) in [6, 6.07) is 3.79. The molecule has 0 radical (unpaired) electrons. The quantitative estimate of drug-likeness (QED) is 0.652.